The van der Waals surface area contributed by atoms with Crippen molar-refractivity contribution in [3.8, 4) is 0 Å². The number of ether oxygens (including phenoxy) is 1. The van der Waals surface area contributed by atoms with Crippen molar-refractivity contribution in [2.45, 2.75) is 6.61 Å². The van der Waals surface area contributed by atoms with Gasteiger partial charge < -0.3 is 15.2 Å². The van der Waals surface area contributed by atoms with Crippen molar-refractivity contribution in [2.75, 3.05) is 12.4 Å². The number of nitrogens with zero attached hydrogens (tertiary/aromatic N) is 1. The number of para-hydroxylation sites is 1. The van der Waals surface area contributed by atoms with Crippen LogP contribution in [0.1, 0.15) is 16.1 Å². The number of nitrogens with one attached hydrogen (secondary N) is 1. The monoisotopic (exact) mass is 258 g/mol. The van der Waals surface area contributed by atoms with Crippen LogP contribution in [0.15, 0.2) is 42.6 Å². The molecular weight excluding hydrogens is 244 g/mol. The molecule has 0 aliphatic heterocycles. The van der Waals surface area contributed by atoms with Gasteiger partial charge in [-0.25, -0.2) is 9.78 Å². The van der Waals surface area contributed by atoms with Crippen molar-refractivity contribution in [1.82, 2.24) is 4.98 Å². The van der Waals surface area contributed by atoms with Crippen LogP contribution in [0.5, 0.6) is 0 Å². The summed E-state index contributed by atoms with van der Waals surface area (Å²) in [6.07, 6.45) is 1.49. The maximum atomic E-state index is 10.7. The second-order valence-corrected chi connectivity index (χ2v) is 3.95. The molecule has 0 bridgehead atoms. The molecule has 1 heterocycles. The zero-order valence-electron chi connectivity index (χ0n) is 10.5. The van der Waals surface area contributed by atoms with Gasteiger partial charge >= 0.3 is 5.97 Å². The summed E-state index contributed by atoms with van der Waals surface area (Å²) in [7, 11) is 1.64. The number of rotatable bonds is 5. The molecule has 0 amide bonds. The molecule has 5 nitrogen and oxygen atoms in total. The molecule has 98 valence electrons. The van der Waals surface area contributed by atoms with Crippen LogP contribution in [0.4, 0.5) is 11.4 Å². The SMILES string of the molecule is COCc1ccccc1Nc1ccc(C(=O)O)nc1. The van der Waals surface area contributed by atoms with Crippen LogP contribution in [0.2, 0.25) is 0 Å². The highest BCUT2D eigenvalue weighted by atomic mass is 16.5. The molecule has 0 aliphatic carbocycles. The number of anilines is 2. The molecule has 0 radical (unpaired) electrons. The molecule has 2 aromatic rings. The van der Waals surface area contributed by atoms with E-state index in [2.05, 4.69) is 10.3 Å². The Balaban J connectivity index is 2.19. The van der Waals surface area contributed by atoms with E-state index in [1.165, 1.54) is 12.3 Å². The van der Waals surface area contributed by atoms with Crippen LogP contribution in [0, 0.1) is 0 Å². The molecule has 0 saturated carbocycles. The fraction of sp³-hybridized carbons (Fsp3) is 0.143. The molecule has 19 heavy (non-hydrogen) atoms. The van der Waals surface area contributed by atoms with E-state index in [-0.39, 0.29) is 5.69 Å². The maximum Gasteiger partial charge on any atom is 0.354 e. The lowest BCUT2D eigenvalue weighted by Gasteiger charge is -2.11. The number of hydrogen-bond donors (Lipinski definition) is 2. The molecule has 0 unspecified atom stereocenters. The summed E-state index contributed by atoms with van der Waals surface area (Å²) in [5.41, 5.74) is 2.69. The number of carboxylic acids is 1. The van der Waals surface area contributed by atoms with E-state index in [1.807, 2.05) is 24.3 Å². The van der Waals surface area contributed by atoms with Crippen LogP contribution in [0.3, 0.4) is 0 Å². The number of hydrogen-bond acceptors (Lipinski definition) is 4. The van der Waals surface area contributed by atoms with E-state index in [1.54, 1.807) is 13.2 Å². The third-order valence-corrected chi connectivity index (χ3v) is 2.58. The zero-order valence-corrected chi connectivity index (χ0v) is 10.5. The number of pyridine rings is 1. The van der Waals surface area contributed by atoms with Crippen LogP contribution < -0.4 is 5.32 Å². The molecule has 1 aromatic heterocycles. The Morgan fingerprint density at radius 1 is 1.32 bits per heavy atom. The summed E-state index contributed by atoms with van der Waals surface area (Å²) in [6.45, 7) is 0.504. The molecule has 0 saturated heterocycles. The maximum absolute atomic E-state index is 10.7. The number of methoxy groups -OCH3 is 1. The van der Waals surface area contributed by atoms with Gasteiger partial charge in [0.05, 0.1) is 18.5 Å². The van der Waals surface area contributed by atoms with Crippen LogP contribution in [0.25, 0.3) is 0 Å². The van der Waals surface area contributed by atoms with Crippen LogP contribution in [-0.2, 0) is 11.3 Å². The van der Waals surface area contributed by atoms with Crippen molar-refractivity contribution in [1.29, 1.82) is 0 Å². The first-order valence-corrected chi connectivity index (χ1v) is 5.74. The first-order chi connectivity index (χ1) is 9.20. The third-order valence-electron chi connectivity index (χ3n) is 2.58. The number of aromatic nitrogens is 1. The molecule has 0 aliphatic rings. The average molecular weight is 258 g/mol. The summed E-state index contributed by atoms with van der Waals surface area (Å²) in [5.74, 6) is -1.04. The quantitative estimate of drug-likeness (QED) is 0.862. The zero-order chi connectivity index (χ0) is 13.7. The van der Waals surface area contributed by atoms with Crippen LogP contribution in [-0.4, -0.2) is 23.2 Å². The van der Waals surface area contributed by atoms with Gasteiger partial charge in [-0.3, -0.25) is 0 Å². The lowest BCUT2D eigenvalue weighted by atomic mass is 10.2. The largest absolute Gasteiger partial charge is 0.477 e. The van der Waals surface area contributed by atoms with Crippen LogP contribution >= 0.6 is 0 Å². The Morgan fingerprint density at radius 2 is 2.11 bits per heavy atom. The number of carboxylic acid groups (broad SMARTS) is 1. The van der Waals surface area contributed by atoms with Gasteiger partial charge in [-0.2, -0.15) is 0 Å². The topological polar surface area (TPSA) is 71.5 Å². The van der Waals surface area contributed by atoms with Gasteiger partial charge in [0.1, 0.15) is 5.69 Å². The minimum atomic E-state index is -1.04. The standard InChI is InChI=1S/C14H14N2O3/c1-19-9-10-4-2-3-5-12(10)16-11-6-7-13(14(17)18)15-8-11/h2-8,16H,9H2,1H3,(H,17,18). The van der Waals surface area contributed by atoms with Gasteiger partial charge in [0.25, 0.3) is 0 Å². The van der Waals surface area contributed by atoms with Crippen molar-refractivity contribution in [3.63, 3.8) is 0 Å². The summed E-state index contributed by atoms with van der Waals surface area (Å²) in [6, 6.07) is 10.9. The van der Waals surface area contributed by atoms with E-state index in [0.29, 0.717) is 6.61 Å². The normalized spacial score (nSPS) is 10.2. The Bertz CT molecular complexity index is 567. The molecule has 0 fully saturated rings. The molecule has 1 aromatic carbocycles. The van der Waals surface area contributed by atoms with E-state index in [4.69, 9.17) is 9.84 Å². The lowest BCUT2D eigenvalue weighted by molar-refractivity contribution is 0.0690. The van der Waals surface area contributed by atoms with Crippen molar-refractivity contribution < 1.29 is 14.6 Å². The highest BCUT2D eigenvalue weighted by Crippen LogP contribution is 2.21. The van der Waals surface area contributed by atoms with E-state index < -0.39 is 5.97 Å². The molecule has 5 heteroatoms. The van der Waals surface area contributed by atoms with E-state index in [0.717, 1.165) is 16.9 Å². The second kappa shape index (κ2) is 5.97. The number of benzene rings is 1. The predicted octanol–water partition coefficient (Wildman–Crippen LogP) is 2.67. The summed E-state index contributed by atoms with van der Waals surface area (Å²) in [5, 5.41) is 12.0. The molecule has 0 atom stereocenters. The molecule has 0 spiro atoms. The minimum absolute atomic E-state index is 0.0238. The summed E-state index contributed by atoms with van der Waals surface area (Å²) >= 11 is 0. The first kappa shape index (κ1) is 13.0. The highest BCUT2D eigenvalue weighted by molar-refractivity contribution is 5.85. The predicted molar refractivity (Wildman–Crippen MR) is 71.6 cm³/mol. The first-order valence-electron chi connectivity index (χ1n) is 5.74. The fourth-order valence-electron chi connectivity index (χ4n) is 1.67. The minimum Gasteiger partial charge on any atom is -0.477 e. The highest BCUT2D eigenvalue weighted by Gasteiger charge is 2.05. The Kier molecular flexibility index (Phi) is 4.10. The number of aromatic carboxylic acids is 1. The third kappa shape index (κ3) is 3.29. The van der Waals surface area contributed by atoms with Gasteiger partial charge in [0.15, 0.2) is 0 Å². The van der Waals surface area contributed by atoms with E-state index in [9.17, 15) is 4.79 Å². The summed E-state index contributed by atoms with van der Waals surface area (Å²) < 4.78 is 5.12. The molecule has 2 rings (SSSR count). The van der Waals surface area contributed by atoms with E-state index >= 15 is 0 Å². The van der Waals surface area contributed by atoms with Gasteiger partial charge in [0, 0.05) is 18.4 Å². The van der Waals surface area contributed by atoms with Gasteiger partial charge in [0.2, 0.25) is 0 Å². The second-order valence-electron chi connectivity index (χ2n) is 3.95. The van der Waals surface area contributed by atoms with Crippen molar-refractivity contribution >= 4 is 17.3 Å². The van der Waals surface area contributed by atoms with Crippen molar-refractivity contribution in [3.05, 3.63) is 53.9 Å². The Hall–Kier alpha value is -2.40. The summed E-state index contributed by atoms with van der Waals surface area (Å²) in [4.78, 5) is 14.6. The van der Waals surface area contributed by atoms with Gasteiger partial charge in [-0.05, 0) is 18.2 Å². The smallest absolute Gasteiger partial charge is 0.354 e. The van der Waals surface area contributed by atoms with Crippen molar-refractivity contribution in [2.24, 2.45) is 0 Å². The molecular formula is C14H14N2O3. The number of carbonyl (C=O) groups is 1. The average Bonchev–Trinajstić information content (AvgIpc) is 2.42. The lowest BCUT2D eigenvalue weighted by Crippen LogP contribution is -2.01. The Labute approximate surface area is 110 Å². The van der Waals surface area contributed by atoms with Gasteiger partial charge in [-0.15, -0.1) is 0 Å². The molecule has 2 N–H and O–H groups in total. The fourth-order valence-corrected chi connectivity index (χ4v) is 1.67. The Morgan fingerprint density at radius 3 is 2.74 bits per heavy atom. The van der Waals surface area contributed by atoms with Gasteiger partial charge in [-0.1, -0.05) is 18.2 Å².